The van der Waals surface area contributed by atoms with E-state index in [1.165, 1.54) is 11.4 Å². The van der Waals surface area contributed by atoms with E-state index in [-0.39, 0.29) is 18.5 Å². The van der Waals surface area contributed by atoms with Crippen LogP contribution in [0, 0.1) is 0 Å². The summed E-state index contributed by atoms with van der Waals surface area (Å²) in [6.07, 6.45) is 4.17. The van der Waals surface area contributed by atoms with E-state index in [2.05, 4.69) is 0 Å². The molecule has 0 aliphatic carbocycles. The van der Waals surface area contributed by atoms with E-state index in [9.17, 15) is 9.59 Å². The largest absolute Gasteiger partial charge is 0.341 e. The molecule has 0 bridgehead atoms. The molecule has 0 saturated carbocycles. The molecule has 0 unspecified atom stereocenters. The molecule has 0 aromatic heterocycles. The maximum atomic E-state index is 12.0. The van der Waals surface area contributed by atoms with Crippen molar-refractivity contribution in [3.63, 3.8) is 0 Å². The quantitative estimate of drug-likeness (QED) is 0.545. The summed E-state index contributed by atoms with van der Waals surface area (Å²) in [7, 11) is 0. The Labute approximate surface area is 101 Å². The number of likely N-dealkylation sites (tertiary alicyclic amines) is 1. The Morgan fingerprint density at radius 1 is 1.06 bits per heavy atom. The number of hydrogen-bond donors (Lipinski definition) is 1. The lowest BCUT2D eigenvalue weighted by molar-refractivity contribution is -0.133. The van der Waals surface area contributed by atoms with Crippen molar-refractivity contribution in [2.75, 3.05) is 32.7 Å². The minimum atomic E-state index is -0.235. The number of nitrogens with zero attached hydrogens (tertiary/aromatic N) is 3. The summed E-state index contributed by atoms with van der Waals surface area (Å²) in [6, 6.07) is -0.235. The standard InChI is InChI=1S/C11H20N4O2/c12-15-8-4-7-14(11(15)17)9-10(16)13-5-2-1-3-6-13/h1-9,12H2. The lowest BCUT2D eigenvalue weighted by Gasteiger charge is -2.34. The number of nitrogens with two attached hydrogens (primary N) is 1. The van der Waals surface area contributed by atoms with Gasteiger partial charge in [0.2, 0.25) is 5.91 Å². The molecule has 2 N–H and O–H groups in total. The highest BCUT2D eigenvalue weighted by Crippen LogP contribution is 2.11. The van der Waals surface area contributed by atoms with Crippen molar-refractivity contribution in [1.82, 2.24) is 14.8 Å². The number of rotatable bonds is 2. The highest BCUT2D eigenvalue weighted by atomic mass is 16.2. The molecule has 2 fully saturated rings. The van der Waals surface area contributed by atoms with Crippen molar-refractivity contribution < 1.29 is 9.59 Å². The second-order valence-corrected chi connectivity index (χ2v) is 4.69. The third-order valence-corrected chi connectivity index (χ3v) is 3.38. The molecule has 6 nitrogen and oxygen atoms in total. The molecule has 2 saturated heterocycles. The van der Waals surface area contributed by atoms with Crippen LogP contribution in [0.3, 0.4) is 0 Å². The molecule has 0 aromatic rings. The van der Waals surface area contributed by atoms with Gasteiger partial charge in [0, 0.05) is 26.2 Å². The monoisotopic (exact) mass is 240 g/mol. The summed E-state index contributed by atoms with van der Waals surface area (Å²) in [5.41, 5.74) is 0. The Morgan fingerprint density at radius 3 is 2.47 bits per heavy atom. The normalized spacial score (nSPS) is 21.9. The summed E-state index contributed by atoms with van der Waals surface area (Å²) in [4.78, 5) is 27.1. The van der Waals surface area contributed by atoms with Gasteiger partial charge in [0.15, 0.2) is 0 Å². The molecule has 2 aliphatic rings. The predicted molar refractivity (Wildman–Crippen MR) is 62.9 cm³/mol. The van der Waals surface area contributed by atoms with Crippen molar-refractivity contribution in [1.29, 1.82) is 0 Å². The fraction of sp³-hybridized carbons (Fsp3) is 0.818. The van der Waals surface area contributed by atoms with Crippen molar-refractivity contribution in [2.24, 2.45) is 5.84 Å². The van der Waals surface area contributed by atoms with Crippen LogP contribution in [-0.2, 0) is 4.79 Å². The molecular formula is C11H20N4O2. The maximum Gasteiger partial charge on any atom is 0.334 e. The third kappa shape index (κ3) is 2.88. The van der Waals surface area contributed by atoms with Gasteiger partial charge in [0.05, 0.1) is 0 Å². The molecule has 2 heterocycles. The Morgan fingerprint density at radius 2 is 1.76 bits per heavy atom. The van der Waals surface area contributed by atoms with Crippen LogP contribution in [0.25, 0.3) is 0 Å². The van der Waals surface area contributed by atoms with Crippen LogP contribution in [0.1, 0.15) is 25.7 Å². The van der Waals surface area contributed by atoms with Crippen LogP contribution in [0.2, 0.25) is 0 Å². The van der Waals surface area contributed by atoms with Gasteiger partial charge in [0.1, 0.15) is 6.54 Å². The predicted octanol–water partition coefficient (Wildman–Crippen LogP) is 0.000300. The van der Waals surface area contributed by atoms with Crippen LogP contribution in [0.4, 0.5) is 4.79 Å². The van der Waals surface area contributed by atoms with Gasteiger partial charge in [-0.2, -0.15) is 0 Å². The Kier molecular flexibility index (Phi) is 3.83. The molecular weight excluding hydrogens is 220 g/mol. The average Bonchev–Trinajstić information content (AvgIpc) is 2.36. The summed E-state index contributed by atoms with van der Waals surface area (Å²) < 4.78 is 0. The van der Waals surface area contributed by atoms with Crippen molar-refractivity contribution in [3.8, 4) is 0 Å². The molecule has 17 heavy (non-hydrogen) atoms. The summed E-state index contributed by atoms with van der Waals surface area (Å²) in [5.74, 6) is 5.59. The molecule has 96 valence electrons. The van der Waals surface area contributed by atoms with Gasteiger partial charge in [-0.25, -0.2) is 10.6 Å². The molecule has 0 atom stereocenters. The van der Waals surface area contributed by atoms with Crippen LogP contribution in [0.5, 0.6) is 0 Å². The Balaban J connectivity index is 1.86. The van der Waals surface area contributed by atoms with Crippen molar-refractivity contribution in [2.45, 2.75) is 25.7 Å². The highest BCUT2D eigenvalue weighted by molar-refractivity contribution is 5.84. The zero-order valence-electron chi connectivity index (χ0n) is 10.1. The molecule has 0 radical (unpaired) electrons. The second-order valence-electron chi connectivity index (χ2n) is 4.69. The van der Waals surface area contributed by atoms with Gasteiger partial charge in [-0.15, -0.1) is 0 Å². The number of piperidine rings is 1. The van der Waals surface area contributed by atoms with Gasteiger partial charge in [-0.05, 0) is 25.7 Å². The summed E-state index contributed by atoms with van der Waals surface area (Å²) in [5, 5.41) is 1.19. The van der Waals surface area contributed by atoms with Gasteiger partial charge in [0.25, 0.3) is 0 Å². The maximum absolute atomic E-state index is 12.0. The van der Waals surface area contributed by atoms with Gasteiger partial charge in [-0.3, -0.25) is 9.80 Å². The van der Waals surface area contributed by atoms with E-state index in [0.29, 0.717) is 13.1 Å². The fourth-order valence-electron chi connectivity index (χ4n) is 2.36. The van der Waals surface area contributed by atoms with Crippen LogP contribution in [0.15, 0.2) is 0 Å². The summed E-state index contributed by atoms with van der Waals surface area (Å²) in [6.45, 7) is 3.03. The zero-order chi connectivity index (χ0) is 12.3. The van der Waals surface area contributed by atoms with E-state index in [4.69, 9.17) is 5.84 Å². The number of carbonyl (C=O) groups excluding carboxylic acids is 2. The smallest absolute Gasteiger partial charge is 0.334 e. The Bertz CT molecular complexity index is 302. The van der Waals surface area contributed by atoms with Crippen molar-refractivity contribution in [3.05, 3.63) is 0 Å². The number of hydrazine groups is 1. The van der Waals surface area contributed by atoms with Gasteiger partial charge < -0.3 is 9.80 Å². The Hall–Kier alpha value is -1.30. The van der Waals surface area contributed by atoms with Gasteiger partial charge in [-0.1, -0.05) is 0 Å². The van der Waals surface area contributed by atoms with Gasteiger partial charge >= 0.3 is 6.03 Å². The first-order valence-electron chi connectivity index (χ1n) is 6.27. The van der Waals surface area contributed by atoms with Crippen LogP contribution in [-0.4, -0.2) is 59.5 Å². The minimum absolute atomic E-state index is 0.0494. The number of urea groups is 1. The van der Waals surface area contributed by atoms with E-state index in [1.807, 2.05) is 4.90 Å². The number of amides is 3. The van der Waals surface area contributed by atoms with Crippen molar-refractivity contribution >= 4 is 11.9 Å². The first-order chi connectivity index (χ1) is 8.18. The first kappa shape index (κ1) is 12.2. The molecule has 2 rings (SSSR count). The van der Waals surface area contributed by atoms with Crippen LogP contribution < -0.4 is 5.84 Å². The fourth-order valence-corrected chi connectivity index (χ4v) is 2.36. The molecule has 6 heteroatoms. The van der Waals surface area contributed by atoms with Crippen LogP contribution >= 0.6 is 0 Å². The molecule has 0 spiro atoms. The average molecular weight is 240 g/mol. The number of hydrogen-bond acceptors (Lipinski definition) is 3. The van der Waals surface area contributed by atoms with E-state index in [0.717, 1.165) is 32.4 Å². The lowest BCUT2D eigenvalue weighted by atomic mass is 10.1. The van der Waals surface area contributed by atoms with E-state index < -0.39 is 0 Å². The topological polar surface area (TPSA) is 69.9 Å². The SMILES string of the molecule is NN1CCCN(CC(=O)N2CCCCC2)C1=O. The minimum Gasteiger partial charge on any atom is -0.341 e. The van der Waals surface area contributed by atoms with E-state index in [1.54, 1.807) is 4.90 Å². The first-order valence-corrected chi connectivity index (χ1v) is 6.27. The third-order valence-electron chi connectivity index (χ3n) is 3.38. The number of carbonyl (C=O) groups is 2. The molecule has 3 amide bonds. The zero-order valence-corrected chi connectivity index (χ0v) is 10.1. The molecule has 2 aliphatic heterocycles. The lowest BCUT2D eigenvalue weighted by Crippen LogP contribution is -2.55. The highest BCUT2D eigenvalue weighted by Gasteiger charge is 2.27. The molecule has 0 aromatic carbocycles. The summed E-state index contributed by atoms with van der Waals surface area (Å²) >= 11 is 0. The second kappa shape index (κ2) is 5.35. The van der Waals surface area contributed by atoms with E-state index >= 15 is 0 Å².